The molecular weight excluding hydrogens is 770 g/mol. The Kier molecular flexibility index (Phi) is 33.4. The Hall–Kier alpha value is -2.81. The number of alkyl halides is 1. The lowest BCUT2D eigenvalue weighted by molar-refractivity contribution is -0.120. The summed E-state index contributed by atoms with van der Waals surface area (Å²) in [7, 11) is 3.30. The van der Waals surface area contributed by atoms with Crippen LogP contribution in [0, 0.1) is 10.8 Å². The Bertz CT molecular complexity index is 1330. The minimum absolute atomic E-state index is 0.0376. The number of rotatable bonds is 13. The van der Waals surface area contributed by atoms with Crippen LogP contribution in [0.2, 0.25) is 0 Å². The van der Waals surface area contributed by atoms with E-state index in [1.807, 2.05) is 57.2 Å². The summed E-state index contributed by atoms with van der Waals surface area (Å²) in [5, 5.41) is 18.0. The predicted molar refractivity (Wildman–Crippen MR) is 259 cm³/mol. The molecule has 0 aliphatic carbocycles. The molecule has 0 radical (unpaired) electrons. The molecule has 1 fully saturated rings. The van der Waals surface area contributed by atoms with Gasteiger partial charge in [0.25, 0.3) is 0 Å². The molecule has 1 aliphatic rings. The van der Waals surface area contributed by atoms with Gasteiger partial charge < -0.3 is 34.1 Å². The van der Waals surface area contributed by atoms with Gasteiger partial charge in [0.2, 0.25) is 6.29 Å². The summed E-state index contributed by atoms with van der Waals surface area (Å²) in [5.74, 6) is 3.34. The maximum Gasteiger partial charge on any atom is 0.204 e. The smallest absolute Gasteiger partial charge is 0.204 e. The minimum atomic E-state index is -0.230. The van der Waals surface area contributed by atoms with E-state index in [1.54, 1.807) is 38.5 Å². The second kappa shape index (κ2) is 33.8. The number of phenols is 2. The Labute approximate surface area is 374 Å². The lowest BCUT2D eigenvalue weighted by Gasteiger charge is -2.29. The van der Waals surface area contributed by atoms with Crippen LogP contribution in [0.5, 0.6) is 17.2 Å². The molecule has 8 heteroatoms. The standard InChI is InChI=1S/C16H26O2.2C10H14O.C6H13ClO.C6H15N.C4H8O/c1-7-12(2)13-8-10-14(11-9-13)18-15(17-6)16(3,4)5;2*1-3-8(2)9-4-6-10(11)7-5-9;1-6(2,3)5(7)8-4;1-4-7(5-2)6-3;1-2-4-5-3-1/h8-12,15H,7H2,1-6H3;2*4-8,11H,3H2,1-2H3;5H,1-4H3;4-6H2,1-3H3;1-4H2. The van der Waals surface area contributed by atoms with Gasteiger partial charge in [-0.15, -0.1) is 0 Å². The first-order valence-corrected chi connectivity index (χ1v) is 23.0. The molecule has 346 valence electrons. The number of ether oxygens (including phenoxy) is 4. The monoisotopic (exact) mass is 860 g/mol. The van der Waals surface area contributed by atoms with Gasteiger partial charge in [-0.05, 0) is 123 Å². The number of nitrogens with zero attached hydrogens (tertiary/aromatic N) is 1. The highest BCUT2D eigenvalue weighted by molar-refractivity contribution is 6.20. The third kappa shape index (κ3) is 27.9. The fourth-order valence-electron chi connectivity index (χ4n) is 5.42. The highest BCUT2D eigenvalue weighted by Crippen LogP contribution is 2.28. The van der Waals surface area contributed by atoms with Gasteiger partial charge in [-0.25, -0.2) is 0 Å². The van der Waals surface area contributed by atoms with Gasteiger partial charge in [-0.3, -0.25) is 0 Å². The third-order valence-electron chi connectivity index (χ3n) is 10.4. The van der Waals surface area contributed by atoms with E-state index in [0.717, 1.165) is 38.2 Å². The van der Waals surface area contributed by atoms with Crippen molar-refractivity contribution in [2.45, 2.75) is 166 Å². The molecule has 2 N–H and O–H groups in total. The van der Waals surface area contributed by atoms with Crippen molar-refractivity contribution in [3.05, 3.63) is 89.5 Å². The van der Waals surface area contributed by atoms with E-state index in [2.05, 4.69) is 100 Å². The summed E-state index contributed by atoms with van der Waals surface area (Å²) in [6.07, 6.45) is 5.77. The quantitative estimate of drug-likeness (QED) is 0.131. The largest absolute Gasteiger partial charge is 0.508 e. The lowest BCUT2D eigenvalue weighted by atomic mass is 9.96. The summed E-state index contributed by atoms with van der Waals surface area (Å²) in [4.78, 5) is 2.38. The van der Waals surface area contributed by atoms with Gasteiger partial charge in [0.1, 0.15) is 22.8 Å². The van der Waals surface area contributed by atoms with E-state index < -0.39 is 0 Å². The molecule has 0 saturated carbocycles. The molecule has 4 rings (SSSR count). The Balaban J connectivity index is 0. The molecular formula is C52H90ClNO6. The average molecular weight is 861 g/mol. The van der Waals surface area contributed by atoms with E-state index in [-0.39, 0.29) is 22.7 Å². The van der Waals surface area contributed by atoms with Crippen LogP contribution in [0.1, 0.15) is 170 Å². The topological polar surface area (TPSA) is 80.6 Å². The molecule has 0 aromatic heterocycles. The van der Waals surface area contributed by atoms with E-state index in [1.165, 1.54) is 49.2 Å². The summed E-state index contributed by atoms with van der Waals surface area (Å²) in [5.41, 5.74) is 3.79. The zero-order valence-electron chi connectivity index (χ0n) is 41.2. The van der Waals surface area contributed by atoms with Crippen molar-refractivity contribution < 1.29 is 29.2 Å². The van der Waals surface area contributed by atoms with Crippen molar-refractivity contribution >= 4 is 11.6 Å². The highest BCUT2D eigenvalue weighted by Gasteiger charge is 2.26. The Morgan fingerprint density at radius 1 is 0.567 bits per heavy atom. The molecule has 3 aromatic rings. The Morgan fingerprint density at radius 3 is 1.08 bits per heavy atom. The van der Waals surface area contributed by atoms with Gasteiger partial charge in [0.05, 0.1) is 0 Å². The maximum absolute atomic E-state index is 9.01. The van der Waals surface area contributed by atoms with Crippen molar-refractivity contribution in [2.24, 2.45) is 10.8 Å². The fourth-order valence-corrected chi connectivity index (χ4v) is 5.42. The lowest BCUT2D eigenvalue weighted by Crippen LogP contribution is -2.33. The van der Waals surface area contributed by atoms with Crippen LogP contribution in [-0.2, 0) is 14.2 Å². The van der Waals surface area contributed by atoms with Crippen molar-refractivity contribution in [1.29, 1.82) is 0 Å². The predicted octanol–water partition coefficient (Wildman–Crippen LogP) is 14.8. The molecule has 1 saturated heterocycles. The normalized spacial score (nSPS) is 14.7. The average Bonchev–Trinajstić information content (AvgIpc) is 3.84. The van der Waals surface area contributed by atoms with E-state index >= 15 is 0 Å². The maximum atomic E-state index is 9.01. The van der Waals surface area contributed by atoms with E-state index in [0.29, 0.717) is 29.3 Å². The molecule has 1 heterocycles. The van der Waals surface area contributed by atoms with Crippen LogP contribution in [0.15, 0.2) is 72.8 Å². The molecule has 0 bridgehead atoms. The van der Waals surface area contributed by atoms with Gasteiger partial charge >= 0.3 is 0 Å². The first-order chi connectivity index (χ1) is 28.2. The summed E-state index contributed by atoms with van der Waals surface area (Å²) in [6.45, 7) is 37.7. The number of halogens is 1. The van der Waals surface area contributed by atoms with E-state index in [9.17, 15) is 0 Å². The van der Waals surface area contributed by atoms with Crippen molar-refractivity contribution in [3.8, 4) is 17.2 Å². The first-order valence-electron chi connectivity index (χ1n) is 22.5. The van der Waals surface area contributed by atoms with Crippen LogP contribution >= 0.6 is 11.6 Å². The highest BCUT2D eigenvalue weighted by atomic mass is 35.5. The van der Waals surface area contributed by atoms with Crippen LogP contribution < -0.4 is 4.74 Å². The summed E-state index contributed by atoms with van der Waals surface area (Å²) in [6, 6.07) is 23.2. The zero-order chi connectivity index (χ0) is 46.3. The van der Waals surface area contributed by atoms with Gasteiger partial charge in [0.15, 0.2) is 0 Å². The molecule has 5 atom stereocenters. The van der Waals surface area contributed by atoms with Gasteiger partial charge in [-0.2, -0.15) is 0 Å². The SMILES string of the molecule is C1CCOC1.CCC(C)c1ccc(O)cc1.CCC(C)c1ccc(O)cc1.CCC(C)c1ccc(OC(OC)C(C)(C)C)cc1.CCN(CC)CC.COC(Cl)C(C)(C)C. The molecule has 0 amide bonds. The zero-order valence-corrected chi connectivity index (χ0v) is 42.0. The van der Waals surface area contributed by atoms with Crippen LogP contribution in [0.4, 0.5) is 0 Å². The van der Waals surface area contributed by atoms with Crippen LogP contribution in [-0.4, -0.2) is 74.0 Å². The molecule has 7 nitrogen and oxygen atoms in total. The second-order valence-electron chi connectivity index (χ2n) is 17.6. The number of hydrogen-bond acceptors (Lipinski definition) is 7. The molecule has 0 spiro atoms. The van der Waals surface area contributed by atoms with E-state index in [4.69, 9.17) is 40.8 Å². The third-order valence-corrected chi connectivity index (χ3v) is 11.3. The first kappa shape index (κ1) is 59.3. The minimum Gasteiger partial charge on any atom is -0.508 e. The number of hydrogen-bond donors (Lipinski definition) is 2. The summed E-state index contributed by atoms with van der Waals surface area (Å²) < 4.78 is 21.1. The van der Waals surface area contributed by atoms with Crippen LogP contribution in [0.25, 0.3) is 0 Å². The molecule has 1 aliphatic heterocycles. The Morgan fingerprint density at radius 2 is 0.900 bits per heavy atom. The van der Waals surface area contributed by atoms with Gasteiger partial charge in [0, 0.05) is 38.3 Å². The van der Waals surface area contributed by atoms with Crippen molar-refractivity contribution in [3.63, 3.8) is 0 Å². The number of aromatic hydroxyl groups is 2. The number of benzene rings is 3. The van der Waals surface area contributed by atoms with Crippen molar-refractivity contribution in [2.75, 3.05) is 47.1 Å². The fraction of sp³-hybridized carbons (Fsp3) is 0.654. The summed E-state index contributed by atoms with van der Waals surface area (Å²) >= 11 is 5.72. The molecule has 3 aromatic carbocycles. The van der Waals surface area contributed by atoms with Crippen molar-refractivity contribution in [1.82, 2.24) is 4.90 Å². The number of phenolic OH excluding ortho intramolecular Hbond substituents is 2. The van der Waals surface area contributed by atoms with Crippen LogP contribution in [0.3, 0.4) is 0 Å². The van der Waals surface area contributed by atoms with Gasteiger partial charge in [-0.1, -0.05) is 152 Å². The second-order valence-corrected chi connectivity index (χ2v) is 18.0. The molecule has 60 heavy (non-hydrogen) atoms. The molecule has 5 unspecified atom stereocenters. The number of methoxy groups -OCH3 is 2.